The molecule has 1 aliphatic carbocycles. The van der Waals surface area contributed by atoms with Crippen LogP contribution in [0.4, 0.5) is 0 Å². The van der Waals surface area contributed by atoms with E-state index in [0.717, 1.165) is 31.4 Å². The zero-order valence-electron chi connectivity index (χ0n) is 17.0. The molecule has 2 fully saturated rings. The maximum Gasteiger partial charge on any atom is 0.243 e. The van der Waals surface area contributed by atoms with Crippen molar-refractivity contribution in [2.45, 2.75) is 57.6 Å². The maximum absolute atomic E-state index is 13.4. The molecule has 1 aromatic rings. The second-order valence-electron chi connectivity index (χ2n) is 8.17. The zero-order chi connectivity index (χ0) is 20.0. The van der Waals surface area contributed by atoms with E-state index in [0.29, 0.717) is 26.1 Å². The molecule has 1 saturated carbocycles. The second kappa shape index (κ2) is 9.41. The summed E-state index contributed by atoms with van der Waals surface area (Å²) in [4.78, 5) is 28.0. The number of nitrogens with one attached hydrogen (secondary N) is 1. The van der Waals surface area contributed by atoms with E-state index >= 15 is 0 Å². The highest BCUT2D eigenvalue weighted by atomic mass is 16.5. The molecule has 6 heteroatoms. The zero-order valence-corrected chi connectivity index (χ0v) is 17.0. The Morgan fingerprint density at radius 2 is 1.89 bits per heavy atom. The number of benzene rings is 1. The van der Waals surface area contributed by atoms with E-state index in [4.69, 9.17) is 9.47 Å². The van der Waals surface area contributed by atoms with Gasteiger partial charge in [-0.2, -0.15) is 0 Å². The Morgan fingerprint density at radius 3 is 2.57 bits per heavy atom. The molecule has 0 radical (unpaired) electrons. The van der Waals surface area contributed by atoms with Crippen molar-refractivity contribution in [1.82, 2.24) is 10.2 Å². The maximum atomic E-state index is 13.4. The summed E-state index contributed by atoms with van der Waals surface area (Å²) in [6.07, 6.45) is 5.45. The van der Waals surface area contributed by atoms with E-state index in [1.165, 1.54) is 6.42 Å². The molecule has 1 saturated heterocycles. The molecule has 1 heterocycles. The van der Waals surface area contributed by atoms with Crippen LogP contribution in [0.15, 0.2) is 30.3 Å². The minimum Gasteiger partial charge on any atom is -0.488 e. The molecule has 2 atom stereocenters. The Morgan fingerprint density at radius 1 is 1.18 bits per heavy atom. The van der Waals surface area contributed by atoms with Crippen LogP contribution < -0.4 is 10.1 Å². The van der Waals surface area contributed by atoms with Gasteiger partial charge in [0, 0.05) is 25.5 Å². The van der Waals surface area contributed by atoms with Gasteiger partial charge < -0.3 is 19.7 Å². The fraction of sp³-hybridized carbons (Fsp3) is 0.636. The minimum absolute atomic E-state index is 0.0956. The third-order valence-electron chi connectivity index (χ3n) is 5.95. The van der Waals surface area contributed by atoms with Gasteiger partial charge in [0.05, 0.1) is 13.2 Å². The number of amides is 2. The van der Waals surface area contributed by atoms with E-state index in [1.54, 1.807) is 12.0 Å². The summed E-state index contributed by atoms with van der Waals surface area (Å²) < 4.78 is 11.1. The van der Waals surface area contributed by atoms with Crippen LogP contribution in [0.1, 0.15) is 45.4 Å². The molecule has 2 aliphatic rings. The van der Waals surface area contributed by atoms with Gasteiger partial charge in [0.15, 0.2) is 0 Å². The van der Waals surface area contributed by atoms with Crippen molar-refractivity contribution >= 4 is 11.8 Å². The summed E-state index contributed by atoms with van der Waals surface area (Å²) in [5.41, 5.74) is -0.370. The Hall–Kier alpha value is -2.08. The number of ether oxygens (including phenoxy) is 2. The normalized spacial score (nSPS) is 24.0. The number of carbonyl (C=O) groups excluding carboxylic acids is 2. The standard InChI is InChI=1S/C22H32N2O4/c1-22(11-7-4-8-12-22)21(26)24-16-18(28-17-9-5-3-6-10-17)15-19(24)20(25)23-13-14-27-2/h3,5-6,9-10,18-19H,4,7-8,11-16H2,1-2H3,(H,23,25). The lowest BCUT2D eigenvalue weighted by atomic mass is 9.74. The van der Waals surface area contributed by atoms with Crippen molar-refractivity contribution in [2.24, 2.45) is 5.41 Å². The van der Waals surface area contributed by atoms with E-state index in [-0.39, 0.29) is 23.3 Å². The molecular formula is C22H32N2O4. The predicted octanol–water partition coefficient (Wildman–Crippen LogP) is 2.77. The Balaban J connectivity index is 1.73. The van der Waals surface area contributed by atoms with Gasteiger partial charge in [-0.3, -0.25) is 9.59 Å². The lowest BCUT2D eigenvalue weighted by Crippen LogP contribution is -2.51. The number of para-hydroxylation sites is 1. The van der Waals surface area contributed by atoms with Gasteiger partial charge in [-0.25, -0.2) is 0 Å². The van der Waals surface area contributed by atoms with Crippen LogP contribution in [0.5, 0.6) is 5.75 Å². The topological polar surface area (TPSA) is 67.9 Å². The summed E-state index contributed by atoms with van der Waals surface area (Å²) in [6, 6.07) is 9.10. The van der Waals surface area contributed by atoms with Crippen LogP contribution in [-0.4, -0.2) is 55.7 Å². The van der Waals surface area contributed by atoms with Gasteiger partial charge in [-0.05, 0) is 25.0 Å². The van der Waals surface area contributed by atoms with Crippen molar-refractivity contribution in [3.8, 4) is 5.75 Å². The van der Waals surface area contributed by atoms with Crippen molar-refractivity contribution in [3.05, 3.63) is 30.3 Å². The fourth-order valence-corrected chi connectivity index (χ4v) is 4.33. The first-order chi connectivity index (χ1) is 13.5. The van der Waals surface area contributed by atoms with E-state index < -0.39 is 6.04 Å². The van der Waals surface area contributed by atoms with Gasteiger partial charge in [0.2, 0.25) is 11.8 Å². The predicted molar refractivity (Wildman–Crippen MR) is 107 cm³/mol. The number of carbonyl (C=O) groups is 2. The second-order valence-corrected chi connectivity index (χ2v) is 8.17. The lowest BCUT2D eigenvalue weighted by molar-refractivity contribution is -0.147. The average Bonchev–Trinajstić information content (AvgIpc) is 3.12. The molecule has 3 rings (SSSR count). The van der Waals surface area contributed by atoms with Crippen LogP contribution in [0.25, 0.3) is 0 Å². The SMILES string of the molecule is COCCNC(=O)C1CC(Oc2ccccc2)CN1C(=O)C1(C)CCCCC1. The number of likely N-dealkylation sites (tertiary alicyclic amines) is 1. The van der Waals surface area contributed by atoms with Crippen LogP contribution >= 0.6 is 0 Å². The molecule has 2 amide bonds. The van der Waals surface area contributed by atoms with Crippen LogP contribution in [0, 0.1) is 5.41 Å². The third-order valence-corrected chi connectivity index (χ3v) is 5.95. The highest BCUT2D eigenvalue weighted by Crippen LogP contribution is 2.39. The largest absolute Gasteiger partial charge is 0.488 e. The third kappa shape index (κ3) is 4.85. The number of hydrogen-bond donors (Lipinski definition) is 1. The molecule has 0 aromatic heterocycles. The van der Waals surface area contributed by atoms with Gasteiger partial charge in [0.25, 0.3) is 0 Å². The first-order valence-corrected chi connectivity index (χ1v) is 10.3. The van der Waals surface area contributed by atoms with Crippen molar-refractivity contribution in [2.75, 3.05) is 26.8 Å². The highest BCUT2D eigenvalue weighted by Gasteiger charge is 2.46. The van der Waals surface area contributed by atoms with Gasteiger partial charge in [0.1, 0.15) is 17.9 Å². The summed E-state index contributed by atoms with van der Waals surface area (Å²) in [5, 5.41) is 2.90. The Labute approximate surface area is 167 Å². The monoisotopic (exact) mass is 388 g/mol. The average molecular weight is 389 g/mol. The lowest BCUT2D eigenvalue weighted by Gasteiger charge is -2.37. The number of nitrogens with zero attached hydrogens (tertiary/aromatic N) is 1. The molecule has 1 N–H and O–H groups in total. The van der Waals surface area contributed by atoms with Crippen LogP contribution in [0.2, 0.25) is 0 Å². The van der Waals surface area contributed by atoms with E-state index in [1.807, 2.05) is 30.3 Å². The Kier molecular flexibility index (Phi) is 6.94. The molecule has 2 unspecified atom stereocenters. The first-order valence-electron chi connectivity index (χ1n) is 10.3. The number of rotatable bonds is 7. The fourth-order valence-electron chi connectivity index (χ4n) is 4.33. The molecule has 154 valence electrons. The van der Waals surface area contributed by atoms with Gasteiger partial charge in [-0.15, -0.1) is 0 Å². The molecule has 1 aromatic carbocycles. The summed E-state index contributed by atoms with van der Waals surface area (Å²) >= 11 is 0. The summed E-state index contributed by atoms with van der Waals surface area (Å²) in [6.45, 7) is 3.40. The van der Waals surface area contributed by atoms with Crippen molar-refractivity contribution in [1.29, 1.82) is 0 Å². The molecule has 28 heavy (non-hydrogen) atoms. The summed E-state index contributed by atoms with van der Waals surface area (Å²) in [7, 11) is 1.60. The van der Waals surface area contributed by atoms with Crippen molar-refractivity contribution < 1.29 is 19.1 Å². The summed E-state index contributed by atoms with van der Waals surface area (Å²) in [5.74, 6) is 0.742. The smallest absolute Gasteiger partial charge is 0.243 e. The molecule has 6 nitrogen and oxygen atoms in total. The van der Waals surface area contributed by atoms with Crippen LogP contribution in [-0.2, 0) is 14.3 Å². The molecule has 0 bridgehead atoms. The Bertz CT molecular complexity index is 658. The quantitative estimate of drug-likeness (QED) is 0.730. The first kappa shape index (κ1) is 20.6. The number of methoxy groups -OCH3 is 1. The van der Waals surface area contributed by atoms with Gasteiger partial charge in [-0.1, -0.05) is 44.4 Å². The molecular weight excluding hydrogens is 356 g/mol. The number of hydrogen-bond acceptors (Lipinski definition) is 4. The van der Waals surface area contributed by atoms with Crippen LogP contribution in [0.3, 0.4) is 0 Å². The van der Waals surface area contributed by atoms with E-state index in [2.05, 4.69) is 12.2 Å². The molecule has 0 spiro atoms. The van der Waals surface area contributed by atoms with Gasteiger partial charge >= 0.3 is 0 Å². The molecule has 1 aliphatic heterocycles. The minimum atomic E-state index is -0.489. The van der Waals surface area contributed by atoms with E-state index in [9.17, 15) is 9.59 Å². The highest BCUT2D eigenvalue weighted by molar-refractivity contribution is 5.90. The van der Waals surface area contributed by atoms with Crippen molar-refractivity contribution in [3.63, 3.8) is 0 Å².